The molecule has 0 spiro atoms. The molecule has 2 aromatic heterocycles. The van der Waals surface area contributed by atoms with E-state index in [-0.39, 0.29) is 12.0 Å². The standard InChI is InChI=1S/C15H18N2O3S/c1-10-8-12(16-20-10)13-4-3-6-17(13)9-11-5-7-21-14(11)15(18)19-2/h5,7-8,13H,3-4,6,9H2,1-2H3/t13-/m0/s1. The van der Waals surface area contributed by atoms with Gasteiger partial charge in [0.15, 0.2) is 0 Å². The number of aryl methyl sites for hydroxylation is 1. The van der Waals surface area contributed by atoms with Gasteiger partial charge in [-0.3, -0.25) is 4.90 Å². The highest BCUT2D eigenvalue weighted by Gasteiger charge is 2.29. The van der Waals surface area contributed by atoms with Crippen LogP contribution in [0, 0.1) is 6.92 Å². The molecule has 112 valence electrons. The molecule has 1 fully saturated rings. The van der Waals surface area contributed by atoms with Crippen molar-refractivity contribution in [2.45, 2.75) is 32.4 Å². The van der Waals surface area contributed by atoms with Crippen LogP contribution >= 0.6 is 11.3 Å². The fraction of sp³-hybridized carbons (Fsp3) is 0.467. The minimum absolute atomic E-state index is 0.256. The Labute approximate surface area is 127 Å². The van der Waals surface area contributed by atoms with Gasteiger partial charge in [0.05, 0.1) is 13.2 Å². The van der Waals surface area contributed by atoms with Crippen molar-refractivity contribution in [3.05, 3.63) is 39.4 Å². The molecule has 0 amide bonds. The summed E-state index contributed by atoms with van der Waals surface area (Å²) in [6.45, 7) is 3.65. The van der Waals surface area contributed by atoms with Crippen LogP contribution < -0.4 is 0 Å². The van der Waals surface area contributed by atoms with Gasteiger partial charge in [0.2, 0.25) is 0 Å². The summed E-state index contributed by atoms with van der Waals surface area (Å²) < 4.78 is 10.0. The summed E-state index contributed by atoms with van der Waals surface area (Å²) in [6.07, 6.45) is 2.21. The lowest BCUT2D eigenvalue weighted by molar-refractivity contribution is 0.0604. The SMILES string of the molecule is COC(=O)c1sccc1CN1CCC[C@H]1c1cc(C)on1. The van der Waals surface area contributed by atoms with E-state index in [1.54, 1.807) is 0 Å². The molecular formula is C15H18N2O3S. The number of carbonyl (C=O) groups excluding carboxylic acids is 1. The number of hydrogen-bond acceptors (Lipinski definition) is 6. The summed E-state index contributed by atoms with van der Waals surface area (Å²) >= 11 is 1.43. The van der Waals surface area contributed by atoms with Crippen LogP contribution in [0.2, 0.25) is 0 Å². The number of rotatable bonds is 4. The Bertz CT molecular complexity index is 634. The predicted molar refractivity (Wildman–Crippen MR) is 79.3 cm³/mol. The Morgan fingerprint density at radius 2 is 2.48 bits per heavy atom. The van der Waals surface area contributed by atoms with Gasteiger partial charge in [-0.15, -0.1) is 11.3 Å². The zero-order valence-corrected chi connectivity index (χ0v) is 13.0. The Kier molecular flexibility index (Phi) is 4.07. The number of likely N-dealkylation sites (tertiary alicyclic amines) is 1. The van der Waals surface area contributed by atoms with E-state index in [2.05, 4.69) is 10.1 Å². The van der Waals surface area contributed by atoms with E-state index >= 15 is 0 Å². The van der Waals surface area contributed by atoms with Crippen LogP contribution in [-0.2, 0) is 11.3 Å². The van der Waals surface area contributed by atoms with Gasteiger partial charge in [-0.1, -0.05) is 5.16 Å². The van der Waals surface area contributed by atoms with E-state index < -0.39 is 0 Å². The maximum Gasteiger partial charge on any atom is 0.348 e. The first-order valence-electron chi connectivity index (χ1n) is 7.01. The Balaban J connectivity index is 1.78. The highest BCUT2D eigenvalue weighted by Crippen LogP contribution is 2.33. The number of aromatic nitrogens is 1. The van der Waals surface area contributed by atoms with Gasteiger partial charge in [-0.25, -0.2) is 4.79 Å². The van der Waals surface area contributed by atoms with Crippen LogP contribution in [0.4, 0.5) is 0 Å². The number of ether oxygens (including phenoxy) is 1. The normalized spacial score (nSPS) is 19.0. The molecule has 0 unspecified atom stereocenters. The minimum Gasteiger partial charge on any atom is -0.465 e. The van der Waals surface area contributed by atoms with Crippen molar-refractivity contribution in [1.29, 1.82) is 0 Å². The van der Waals surface area contributed by atoms with Crippen molar-refractivity contribution in [1.82, 2.24) is 10.1 Å². The van der Waals surface area contributed by atoms with Crippen molar-refractivity contribution in [3.8, 4) is 0 Å². The Hall–Kier alpha value is -1.66. The molecule has 6 heteroatoms. The van der Waals surface area contributed by atoms with E-state index in [1.807, 2.05) is 24.4 Å². The molecule has 1 atom stereocenters. The maximum atomic E-state index is 11.8. The third-order valence-electron chi connectivity index (χ3n) is 3.84. The quantitative estimate of drug-likeness (QED) is 0.812. The van der Waals surface area contributed by atoms with Gasteiger partial charge in [-0.2, -0.15) is 0 Å². The molecule has 0 aromatic carbocycles. The first-order chi connectivity index (χ1) is 10.2. The van der Waals surface area contributed by atoms with Crippen LogP contribution in [0.25, 0.3) is 0 Å². The Morgan fingerprint density at radius 3 is 3.19 bits per heavy atom. The second-order valence-corrected chi connectivity index (χ2v) is 6.17. The number of thiophene rings is 1. The zero-order valence-electron chi connectivity index (χ0n) is 12.2. The van der Waals surface area contributed by atoms with Crippen LogP contribution in [-0.4, -0.2) is 29.7 Å². The summed E-state index contributed by atoms with van der Waals surface area (Å²) in [5.74, 6) is 0.579. The molecule has 2 aromatic rings. The van der Waals surface area contributed by atoms with Crippen molar-refractivity contribution in [2.24, 2.45) is 0 Å². The first-order valence-corrected chi connectivity index (χ1v) is 7.89. The summed E-state index contributed by atoms with van der Waals surface area (Å²) in [5.41, 5.74) is 2.01. The molecule has 0 bridgehead atoms. The van der Waals surface area contributed by atoms with Crippen LogP contribution in [0.3, 0.4) is 0 Å². The van der Waals surface area contributed by atoms with Crippen LogP contribution in [0.5, 0.6) is 0 Å². The fourth-order valence-corrected chi connectivity index (χ4v) is 3.68. The zero-order chi connectivity index (χ0) is 14.8. The highest BCUT2D eigenvalue weighted by atomic mass is 32.1. The number of esters is 1. The maximum absolute atomic E-state index is 11.8. The lowest BCUT2D eigenvalue weighted by Crippen LogP contribution is -2.23. The van der Waals surface area contributed by atoms with Gasteiger partial charge in [0.1, 0.15) is 16.3 Å². The van der Waals surface area contributed by atoms with E-state index in [0.717, 1.165) is 42.9 Å². The molecule has 0 N–H and O–H groups in total. The number of methoxy groups -OCH3 is 1. The van der Waals surface area contributed by atoms with E-state index in [0.29, 0.717) is 4.88 Å². The highest BCUT2D eigenvalue weighted by molar-refractivity contribution is 7.12. The summed E-state index contributed by atoms with van der Waals surface area (Å²) in [5, 5.41) is 6.08. The smallest absolute Gasteiger partial charge is 0.348 e. The number of nitrogens with zero attached hydrogens (tertiary/aromatic N) is 2. The number of carbonyl (C=O) groups is 1. The van der Waals surface area contributed by atoms with Crippen LogP contribution in [0.15, 0.2) is 22.0 Å². The lowest BCUT2D eigenvalue weighted by atomic mass is 10.1. The predicted octanol–water partition coefficient (Wildman–Crippen LogP) is 3.17. The lowest BCUT2D eigenvalue weighted by Gasteiger charge is -2.22. The third kappa shape index (κ3) is 2.87. The van der Waals surface area contributed by atoms with Gasteiger partial charge >= 0.3 is 5.97 Å². The third-order valence-corrected chi connectivity index (χ3v) is 4.78. The van der Waals surface area contributed by atoms with Crippen molar-refractivity contribution in [2.75, 3.05) is 13.7 Å². The number of hydrogen-bond donors (Lipinski definition) is 0. The summed E-state index contributed by atoms with van der Waals surface area (Å²) in [6, 6.07) is 4.27. The monoisotopic (exact) mass is 306 g/mol. The van der Waals surface area contributed by atoms with Crippen LogP contribution in [0.1, 0.15) is 45.6 Å². The fourth-order valence-electron chi connectivity index (χ4n) is 2.84. The summed E-state index contributed by atoms with van der Waals surface area (Å²) in [4.78, 5) is 14.8. The van der Waals surface area contributed by atoms with Gasteiger partial charge in [0, 0.05) is 12.6 Å². The van der Waals surface area contributed by atoms with E-state index in [1.165, 1.54) is 18.4 Å². The molecule has 0 radical (unpaired) electrons. The van der Waals surface area contributed by atoms with E-state index in [9.17, 15) is 4.79 Å². The molecule has 3 heterocycles. The second-order valence-electron chi connectivity index (χ2n) is 5.26. The molecule has 3 rings (SSSR count). The van der Waals surface area contributed by atoms with Gasteiger partial charge < -0.3 is 9.26 Å². The summed E-state index contributed by atoms with van der Waals surface area (Å²) in [7, 11) is 1.42. The van der Waals surface area contributed by atoms with E-state index in [4.69, 9.17) is 9.26 Å². The molecule has 0 aliphatic carbocycles. The van der Waals surface area contributed by atoms with Gasteiger partial charge in [0.25, 0.3) is 0 Å². The molecule has 1 aliphatic heterocycles. The Morgan fingerprint density at radius 1 is 1.62 bits per heavy atom. The second kappa shape index (κ2) is 5.99. The van der Waals surface area contributed by atoms with Crippen molar-refractivity contribution < 1.29 is 14.1 Å². The first kappa shape index (κ1) is 14.3. The molecule has 1 aliphatic rings. The minimum atomic E-state index is -0.256. The average molecular weight is 306 g/mol. The molecule has 1 saturated heterocycles. The van der Waals surface area contributed by atoms with Crippen molar-refractivity contribution >= 4 is 17.3 Å². The average Bonchev–Trinajstić information content (AvgIpc) is 3.19. The largest absolute Gasteiger partial charge is 0.465 e. The topological polar surface area (TPSA) is 55.6 Å². The molecule has 21 heavy (non-hydrogen) atoms. The van der Waals surface area contributed by atoms with Gasteiger partial charge in [-0.05, 0) is 43.3 Å². The molecular weight excluding hydrogens is 288 g/mol. The molecule has 5 nitrogen and oxygen atoms in total. The van der Waals surface area contributed by atoms with Crippen molar-refractivity contribution in [3.63, 3.8) is 0 Å². The molecule has 0 saturated carbocycles.